The van der Waals surface area contributed by atoms with Gasteiger partial charge in [-0.1, -0.05) is 11.6 Å². The van der Waals surface area contributed by atoms with Crippen LogP contribution in [-0.4, -0.2) is 33.1 Å². The van der Waals surface area contributed by atoms with Gasteiger partial charge in [-0.15, -0.1) is 0 Å². The molecule has 0 spiro atoms. The van der Waals surface area contributed by atoms with Gasteiger partial charge in [-0.05, 0) is 6.07 Å². The molecule has 5 nitrogen and oxygen atoms in total. The number of ether oxygens (including phenoxy) is 3. The lowest BCUT2D eigenvalue weighted by Crippen LogP contribution is -2.07. The molecule has 6 heteroatoms. The fourth-order valence-electron chi connectivity index (χ4n) is 1.52. The normalized spacial score (nSPS) is 9.89. The van der Waals surface area contributed by atoms with Crippen molar-refractivity contribution >= 4 is 23.4 Å². The van der Waals surface area contributed by atoms with E-state index >= 15 is 0 Å². The molecular weight excluding hydrogens is 272 g/mol. The third-order valence-electron chi connectivity index (χ3n) is 2.56. The topological polar surface area (TPSA) is 61.8 Å². The van der Waals surface area contributed by atoms with Gasteiger partial charge in [-0.2, -0.15) is 0 Å². The standard InChI is InChI=1S/C13H15ClO5/c1-17-11-6-8(9(14)7-12(11)18-2)10(15)4-5-13(16)19-3/h6-7H,4-5H2,1-3H3. The zero-order valence-corrected chi connectivity index (χ0v) is 11.7. The SMILES string of the molecule is COC(=O)CCC(=O)c1cc(OC)c(OC)cc1Cl. The zero-order valence-electron chi connectivity index (χ0n) is 11.0. The van der Waals surface area contributed by atoms with Gasteiger partial charge in [0.25, 0.3) is 0 Å². The van der Waals surface area contributed by atoms with Gasteiger partial charge in [0, 0.05) is 18.1 Å². The number of Topliss-reactive ketones (excluding diaryl/α,β-unsaturated/α-hetero) is 1. The van der Waals surface area contributed by atoms with E-state index in [0.29, 0.717) is 17.1 Å². The Bertz CT molecular complexity index is 484. The van der Waals surface area contributed by atoms with E-state index in [9.17, 15) is 9.59 Å². The minimum Gasteiger partial charge on any atom is -0.493 e. The van der Waals surface area contributed by atoms with E-state index in [4.69, 9.17) is 21.1 Å². The maximum atomic E-state index is 12.0. The Morgan fingerprint density at radius 2 is 1.63 bits per heavy atom. The van der Waals surface area contributed by atoms with Gasteiger partial charge < -0.3 is 14.2 Å². The minimum absolute atomic E-state index is 0.0139. The number of hydrogen-bond acceptors (Lipinski definition) is 5. The molecule has 0 N–H and O–H groups in total. The Morgan fingerprint density at radius 1 is 1.05 bits per heavy atom. The molecule has 0 aromatic heterocycles. The Morgan fingerprint density at radius 3 is 2.16 bits per heavy atom. The lowest BCUT2D eigenvalue weighted by molar-refractivity contribution is -0.140. The van der Waals surface area contributed by atoms with E-state index in [1.807, 2.05) is 0 Å². The summed E-state index contributed by atoms with van der Waals surface area (Å²) in [5.41, 5.74) is 0.295. The number of carbonyl (C=O) groups excluding carboxylic acids is 2. The molecule has 0 saturated heterocycles. The summed E-state index contributed by atoms with van der Waals surface area (Å²) in [5.74, 6) is 0.159. The van der Waals surface area contributed by atoms with Crippen LogP contribution in [0.4, 0.5) is 0 Å². The second kappa shape index (κ2) is 6.99. The van der Waals surface area contributed by atoms with Gasteiger partial charge in [0.05, 0.1) is 32.8 Å². The summed E-state index contributed by atoms with van der Waals surface area (Å²) in [6.45, 7) is 0. The van der Waals surface area contributed by atoms with E-state index in [2.05, 4.69) is 4.74 Å². The van der Waals surface area contributed by atoms with Crippen molar-refractivity contribution in [3.63, 3.8) is 0 Å². The molecule has 0 unspecified atom stereocenters. The van der Waals surface area contributed by atoms with Crippen molar-refractivity contribution in [3.8, 4) is 11.5 Å². The Labute approximate surface area is 116 Å². The molecule has 1 aromatic carbocycles. The highest BCUT2D eigenvalue weighted by Gasteiger charge is 2.16. The third kappa shape index (κ3) is 3.86. The smallest absolute Gasteiger partial charge is 0.305 e. The van der Waals surface area contributed by atoms with Gasteiger partial charge in [0.1, 0.15) is 0 Å². The number of benzene rings is 1. The molecular formula is C13H15ClO5. The minimum atomic E-state index is -0.440. The largest absolute Gasteiger partial charge is 0.493 e. The van der Waals surface area contributed by atoms with Crippen molar-refractivity contribution in [2.75, 3.05) is 21.3 Å². The van der Waals surface area contributed by atoms with E-state index in [1.165, 1.54) is 33.5 Å². The van der Waals surface area contributed by atoms with Crippen LogP contribution in [0, 0.1) is 0 Å². The summed E-state index contributed by atoms with van der Waals surface area (Å²) in [5, 5.41) is 0.257. The maximum Gasteiger partial charge on any atom is 0.305 e. The van der Waals surface area contributed by atoms with E-state index in [1.54, 1.807) is 0 Å². The molecule has 0 heterocycles. The Hall–Kier alpha value is -1.75. The van der Waals surface area contributed by atoms with Crippen molar-refractivity contribution in [1.82, 2.24) is 0 Å². The molecule has 0 aliphatic rings. The van der Waals surface area contributed by atoms with Crippen molar-refractivity contribution in [3.05, 3.63) is 22.7 Å². The first-order chi connectivity index (χ1) is 9.03. The maximum absolute atomic E-state index is 12.0. The molecule has 0 fully saturated rings. The first-order valence-corrected chi connectivity index (χ1v) is 5.92. The number of rotatable bonds is 6. The predicted octanol–water partition coefficient (Wildman–Crippen LogP) is 2.49. The predicted molar refractivity (Wildman–Crippen MR) is 70.1 cm³/mol. The van der Waals surface area contributed by atoms with Crippen molar-refractivity contribution in [1.29, 1.82) is 0 Å². The summed E-state index contributed by atoms with van der Waals surface area (Å²) in [6.07, 6.45) is 0.0435. The number of esters is 1. The van der Waals surface area contributed by atoms with Crippen LogP contribution in [-0.2, 0) is 9.53 Å². The summed E-state index contributed by atoms with van der Waals surface area (Å²) in [6, 6.07) is 3.01. The van der Waals surface area contributed by atoms with E-state index < -0.39 is 5.97 Å². The molecule has 0 saturated carbocycles. The molecule has 0 radical (unpaired) electrons. The number of hydrogen-bond donors (Lipinski definition) is 0. The first-order valence-electron chi connectivity index (χ1n) is 5.55. The van der Waals surface area contributed by atoms with Crippen molar-refractivity contribution in [2.45, 2.75) is 12.8 Å². The molecule has 0 aliphatic heterocycles. The fourth-order valence-corrected chi connectivity index (χ4v) is 1.78. The van der Waals surface area contributed by atoms with Crippen LogP contribution in [0.5, 0.6) is 11.5 Å². The number of halogens is 1. The number of ketones is 1. The van der Waals surface area contributed by atoms with Crippen LogP contribution in [0.15, 0.2) is 12.1 Å². The monoisotopic (exact) mass is 286 g/mol. The van der Waals surface area contributed by atoms with Crippen LogP contribution in [0.25, 0.3) is 0 Å². The molecule has 104 valence electrons. The molecule has 0 aliphatic carbocycles. The summed E-state index contributed by atoms with van der Waals surface area (Å²) in [7, 11) is 4.22. The zero-order chi connectivity index (χ0) is 14.4. The summed E-state index contributed by atoms with van der Waals surface area (Å²) < 4.78 is 14.7. The van der Waals surface area contributed by atoms with Crippen molar-refractivity contribution < 1.29 is 23.8 Å². The Balaban J connectivity index is 2.93. The van der Waals surface area contributed by atoms with Crippen LogP contribution < -0.4 is 9.47 Å². The van der Waals surface area contributed by atoms with Crippen LogP contribution in [0.1, 0.15) is 23.2 Å². The molecule has 1 aromatic rings. The summed E-state index contributed by atoms with van der Waals surface area (Å²) >= 11 is 6.01. The third-order valence-corrected chi connectivity index (χ3v) is 2.87. The van der Waals surface area contributed by atoms with Crippen LogP contribution >= 0.6 is 11.6 Å². The molecule has 1 rings (SSSR count). The van der Waals surface area contributed by atoms with E-state index in [0.717, 1.165) is 0 Å². The van der Waals surface area contributed by atoms with Gasteiger partial charge in [0.2, 0.25) is 0 Å². The van der Waals surface area contributed by atoms with Crippen LogP contribution in [0.3, 0.4) is 0 Å². The second-order valence-corrected chi connectivity index (χ2v) is 4.09. The summed E-state index contributed by atoms with van der Waals surface area (Å²) in [4.78, 5) is 23.0. The number of methoxy groups -OCH3 is 3. The van der Waals surface area contributed by atoms with Crippen molar-refractivity contribution in [2.24, 2.45) is 0 Å². The van der Waals surface area contributed by atoms with Gasteiger partial charge in [-0.3, -0.25) is 9.59 Å². The lowest BCUT2D eigenvalue weighted by Gasteiger charge is -2.10. The highest BCUT2D eigenvalue weighted by Crippen LogP contribution is 2.33. The average Bonchev–Trinajstić information content (AvgIpc) is 2.43. The number of carbonyl (C=O) groups is 2. The second-order valence-electron chi connectivity index (χ2n) is 3.69. The molecule has 0 bridgehead atoms. The fraction of sp³-hybridized carbons (Fsp3) is 0.385. The quantitative estimate of drug-likeness (QED) is 0.594. The van der Waals surface area contributed by atoms with Gasteiger partial charge >= 0.3 is 5.97 Å². The molecule has 0 atom stereocenters. The molecule has 19 heavy (non-hydrogen) atoms. The first kappa shape index (κ1) is 15.3. The lowest BCUT2D eigenvalue weighted by atomic mass is 10.1. The highest BCUT2D eigenvalue weighted by atomic mass is 35.5. The average molecular weight is 287 g/mol. The van der Waals surface area contributed by atoms with Crippen LogP contribution in [0.2, 0.25) is 5.02 Å². The van der Waals surface area contributed by atoms with E-state index in [-0.39, 0.29) is 23.6 Å². The molecule has 0 amide bonds. The Kier molecular flexibility index (Phi) is 5.63. The van der Waals surface area contributed by atoms with Gasteiger partial charge in [0.15, 0.2) is 17.3 Å². The highest BCUT2D eigenvalue weighted by molar-refractivity contribution is 6.34. The van der Waals surface area contributed by atoms with Gasteiger partial charge in [-0.25, -0.2) is 0 Å².